The van der Waals surface area contributed by atoms with Gasteiger partial charge in [0, 0.05) is 22.5 Å². The van der Waals surface area contributed by atoms with Gasteiger partial charge in [-0.05, 0) is 37.3 Å². The van der Waals surface area contributed by atoms with Gasteiger partial charge in [-0.3, -0.25) is 0 Å². The Bertz CT molecular complexity index is 733. The van der Waals surface area contributed by atoms with E-state index in [1.54, 1.807) is 18.2 Å². The minimum absolute atomic E-state index is 0.0378. The van der Waals surface area contributed by atoms with Crippen molar-refractivity contribution in [2.24, 2.45) is 0 Å². The third-order valence-corrected chi connectivity index (χ3v) is 3.75. The van der Waals surface area contributed by atoms with Crippen LogP contribution < -0.4 is 5.32 Å². The number of hydrogen-bond acceptors (Lipinski definition) is 3. The Morgan fingerprint density at radius 2 is 2.00 bits per heavy atom. The maximum atomic E-state index is 9.81. The quantitative estimate of drug-likeness (QED) is 0.737. The highest BCUT2D eigenvalue weighted by Crippen LogP contribution is 2.25. The number of rotatable bonds is 4. The second-order valence-corrected chi connectivity index (χ2v) is 5.50. The van der Waals surface area contributed by atoms with Crippen molar-refractivity contribution in [1.82, 2.24) is 5.32 Å². The van der Waals surface area contributed by atoms with Gasteiger partial charge in [0.05, 0.1) is 6.04 Å². The number of halogens is 1. The summed E-state index contributed by atoms with van der Waals surface area (Å²) in [4.78, 5) is 0. The molecule has 0 saturated carbocycles. The molecule has 0 radical (unpaired) electrons. The zero-order valence-corrected chi connectivity index (χ0v) is 12.4. The van der Waals surface area contributed by atoms with Crippen molar-refractivity contribution < 1.29 is 9.52 Å². The second kappa shape index (κ2) is 5.80. The number of para-hydroxylation sites is 1. The van der Waals surface area contributed by atoms with Crippen LogP contribution in [-0.2, 0) is 6.54 Å². The molecule has 3 aromatic rings. The van der Waals surface area contributed by atoms with Crippen LogP contribution in [0.15, 0.2) is 52.9 Å². The molecular formula is C17H16ClNO2. The molecule has 3 rings (SSSR count). The lowest BCUT2D eigenvalue weighted by Crippen LogP contribution is -2.17. The number of fused-ring (bicyclic) bond motifs is 1. The SMILES string of the molecule is CC(NCc1cc(Cl)ccc1O)c1cc2ccccc2o1. The average molecular weight is 302 g/mol. The summed E-state index contributed by atoms with van der Waals surface area (Å²) >= 11 is 5.95. The van der Waals surface area contributed by atoms with Gasteiger partial charge in [-0.1, -0.05) is 29.8 Å². The largest absolute Gasteiger partial charge is 0.508 e. The Hall–Kier alpha value is -1.97. The number of phenolic OH excluding ortho intramolecular Hbond substituents is 1. The van der Waals surface area contributed by atoms with E-state index in [0.29, 0.717) is 11.6 Å². The summed E-state index contributed by atoms with van der Waals surface area (Å²) in [5, 5.41) is 14.8. The van der Waals surface area contributed by atoms with Crippen molar-refractivity contribution in [3.63, 3.8) is 0 Å². The minimum atomic E-state index is 0.0378. The first-order chi connectivity index (χ1) is 10.1. The monoisotopic (exact) mass is 301 g/mol. The highest BCUT2D eigenvalue weighted by atomic mass is 35.5. The number of benzene rings is 2. The molecule has 3 nitrogen and oxygen atoms in total. The first-order valence-corrected chi connectivity index (χ1v) is 7.20. The zero-order chi connectivity index (χ0) is 14.8. The Morgan fingerprint density at radius 1 is 1.19 bits per heavy atom. The topological polar surface area (TPSA) is 45.4 Å². The van der Waals surface area contributed by atoms with E-state index >= 15 is 0 Å². The van der Waals surface area contributed by atoms with Crippen LogP contribution in [0.5, 0.6) is 5.75 Å². The average Bonchev–Trinajstić information content (AvgIpc) is 2.92. The molecule has 0 fully saturated rings. The predicted molar refractivity (Wildman–Crippen MR) is 84.6 cm³/mol. The van der Waals surface area contributed by atoms with Gasteiger partial charge in [0.2, 0.25) is 0 Å². The first-order valence-electron chi connectivity index (χ1n) is 6.83. The normalized spacial score (nSPS) is 12.7. The fraction of sp³-hybridized carbons (Fsp3) is 0.176. The van der Waals surface area contributed by atoms with E-state index in [9.17, 15) is 5.11 Å². The summed E-state index contributed by atoms with van der Waals surface area (Å²) in [5.41, 5.74) is 1.65. The van der Waals surface area contributed by atoms with Crippen molar-refractivity contribution in [1.29, 1.82) is 0 Å². The second-order valence-electron chi connectivity index (χ2n) is 5.06. The Balaban J connectivity index is 1.74. The standard InChI is InChI=1S/C17H16ClNO2/c1-11(17-9-12-4-2-3-5-16(12)21-17)19-10-13-8-14(18)6-7-15(13)20/h2-9,11,19-20H,10H2,1H3. The number of phenols is 1. The fourth-order valence-electron chi connectivity index (χ4n) is 2.28. The lowest BCUT2D eigenvalue weighted by atomic mass is 10.1. The van der Waals surface area contributed by atoms with Crippen molar-refractivity contribution >= 4 is 22.6 Å². The van der Waals surface area contributed by atoms with Gasteiger partial charge >= 0.3 is 0 Å². The van der Waals surface area contributed by atoms with Crippen molar-refractivity contribution in [2.75, 3.05) is 0 Å². The summed E-state index contributed by atoms with van der Waals surface area (Å²) < 4.78 is 5.82. The summed E-state index contributed by atoms with van der Waals surface area (Å²) in [6.07, 6.45) is 0. The number of aromatic hydroxyl groups is 1. The van der Waals surface area contributed by atoms with Gasteiger partial charge in [0.1, 0.15) is 17.1 Å². The number of furan rings is 1. The van der Waals surface area contributed by atoms with Crippen molar-refractivity contribution in [2.45, 2.75) is 19.5 Å². The molecule has 0 bridgehead atoms. The van der Waals surface area contributed by atoms with Crippen LogP contribution in [-0.4, -0.2) is 5.11 Å². The zero-order valence-electron chi connectivity index (χ0n) is 11.6. The van der Waals surface area contributed by atoms with Crippen LogP contribution in [0.2, 0.25) is 5.02 Å². The first kappa shape index (κ1) is 14.0. The van der Waals surface area contributed by atoms with Crippen LogP contribution in [0.25, 0.3) is 11.0 Å². The molecule has 2 aromatic carbocycles. The Labute approximate surface area is 128 Å². The van der Waals surface area contributed by atoms with Crippen LogP contribution in [0.3, 0.4) is 0 Å². The van der Waals surface area contributed by atoms with E-state index in [1.165, 1.54) is 0 Å². The van der Waals surface area contributed by atoms with Gasteiger partial charge < -0.3 is 14.8 Å². The summed E-state index contributed by atoms with van der Waals surface area (Å²) in [7, 11) is 0. The third-order valence-electron chi connectivity index (χ3n) is 3.51. The molecule has 1 aromatic heterocycles. The van der Waals surface area contributed by atoms with E-state index in [1.807, 2.05) is 37.3 Å². The lowest BCUT2D eigenvalue weighted by Gasteiger charge is -2.12. The molecule has 0 aliphatic carbocycles. The summed E-state index contributed by atoms with van der Waals surface area (Å²) in [6.45, 7) is 2.55. The van der Waals surface area contributed by atoms with E-state index in [2.05, 4.69) is 5.32 Å². The van der Waals surface area contributed by atoms with E-state index in [-0.39, 0.29) is 11.8 Å². The van der Waals surface area contributed by atoms with Crippen LogP contribution in [0, 0.1) is 0 Å². The number of hydrogen-bond donors (Lipinski definition) is 2. The maximum Gasteiger partial charge on any atom is 0.134 e. The van der Waals surface area contributed by atoms with E-state index < -0.39 is 0 Å². The molecule has 0 saturated heterocycles. The van der Waals surface area contributed by atoms with Gasteiger partial charge in [-0.15, -0.1) is 0 Å². The molecule has 1 unspecified atom stereocenters. The number of nitrogens with one attached hydrogen (secondary N) is 1. The highest BCUT2D eigenvalue weighted by Gasteiger charge is 2.12. The molecule has 0 amide bonds. The molecule has 4 heteroatoms. The van der Waals surface area contributed by atoms with Crippen LogP contribution >= 0.6 is 11.6 Å². The fourth-order valence-corrected chi connectivity index (χ4v) is 2.47. The molecular weight excluding hydrogens is 286 g/mol. The van der Waals surface area contributed by atoms with Crippen LogP contribution in [0.1, 0.15) is 24.3 Å². The van der Waals surface area contributed by atoms with Gasteiger partial charge in [-0.2, -0.15) is 0 Å². The third kappa shape index (κ3) is 3.04. The van der Waals surface area contributed by atoms with Crippen molar-refractivity contribution in [3.8, 4) is 5.75 Å². The minimum Gasteiger partial charge on any atom is -0.508 e. The summed E-state index contributed by atoms with van der Waals surface area (Å²) in [6, 6.07) is 15.0. The Morgan fingerprint density at radius 3 is 2.81 bits per heavy atom. The van der Waals surface area contributed by atoms with Crippen LogP contribution in [0.4, 0.5) is 0 Å². The van der Waals surface area contributed by atoms with Gasteiger partial charge in [0.15, 0.2) is 0 Å². The highest BCUT2D eigenvalue weighted by molar-refractivity contribution is 6.30. The van der Waals surface area contributed by atoms with Crippen molar-refractivity contribution in [3.05, 3.63) is 64.9 Å². The van der Waals surface area contributed by atoms with Gasteiger partial charge in [-0.25, -0.2) is 0 Å². The Kier molecular flexibility index (Phi) is 3.86. The maximum absolute atomic E-state index is 9.81. The molecule has 1 heterocycles. The smallest absolute Gasteiger partial charge is 0.134 e. The molecule has 0 spiro atoms. The molecule has 1 atom stereocenters. The van der Waals surface area contributed by atoms with Gasteiger partial charge in [0.25, 0.3) is 0 Å². The van der Waals surface area contributed by atoms with E-state index in [4.69, 9.17) is 16.0 Å². The van der Waals surface area contributed by atoms with E-state index in [0.717, 1.165) is 22.3 Å². The molecule has 0 aliphatic heterocycles. The molecule has 0 aliphatic rings. The molecule has 2 N–H and O–H groups in total. The predicted octanol–water partition coefficient (Wildman–Crippen LogP) is 4.64. The molecule has 21 heavy (non-hydrogen) atoms. The summed E-state index contributed by atoms with van der Waals surface area (Å²) in [5.74, 6) is 1.11. The molecule has 108 valence electrons. The lowest BCUT2D eigenvalue weighted by molar-refractivity contribution is 0.436.